The fourth-order valence-electron chi connectivity index (χ4n) is 2.35. The van der Waals surface area contributed by atoms with Crippen LogP contribution in [0.4, 0.5) is 0 Å². The molecule has 0 heterocycles. The van der Waals surface area contributed by atoms with Gasteiger partial charge in [-0.15, -0.1) is 0 Å². The summed E-state index contributed by atoms with van der Waals surface area (Å²) in [6, 6.07) is 16.0. The Labute approximate surface area is 126 Å². The smallest absolute Gasteiger partial charge is 0.140 e. The SMILES string of the molecule is O=C1CCC1c1ccc(OCc2ccccc2)c(Br)c1. The summed E-state index contributed by atoms with van der Waals surface area (Å²) in [6.45, 7) is 0.543. The maximum atomic E-state index is 11.5. The molecule has 102 valence electrons. The van der Waals surface area contributed by atoms with Gasteiger partial charge < -0.3 is 4.74 Å². The lowest BCUT2D eigenvalue weighted by molar-refractivity contribution is -0.125. The summed E-state index contributed by atoms with van der Waals surface area (Å²) in [6.07, 6.45) is 1.68. The molecule has 0 bridgehead atoms. The van der Waals surface area contributed by atoms with Crippen LogP contribution in [0.15, 0.2) is 53.0 Å². The summed E-state index contributed by atoms with van der Waals surface area (Å²) in [5.41, 5.74) is 2.22. The minimum Gasteiger partial charge on any atom is -0.488 e. The molecule has 20 heavy (non-hydrogen) atoms. The first-order valence-corrected chi connectivity index (χ1v) is 7.52. The number of hydrogen-bond acceptors (Lipinski definition) is 2. The lowest BCUT2D eigenvalue weighted by Crippen LogP contribution is -2.23. The van der Waals surface area contributed by atoms with Crippen molar-refractivity contribution in [3.05, 3.63) is 64.1 Å². The van der Waals surface area contributed by atoms with E-state index in [4.69, 9.17) is 4.74 Å². The molecule has 1 aliphatic carbocycles. The van der Waals surface area contributed by atoms with E-state index in [-0.39, 0.29) is 5.92 Å². The van der Waals surface area contributed by atoms with Crippen molar-refractivity contribution in [2.45, 2.75) is 25.4 Å². The topological polar surface area (TPSA) is 26.3 Å². The van der Waals surface area contributed by atoms with E-state index in [2.05, 4.69) is 15.9 Å². The first-order valence-electron chi connectivity index (χ1n) is 6.73. The predicted octanol–water partition coefficient (Wildman–Crippen LogP) is 4.47. The number of rotatable bonds is 4. The van der Waals surface area contributed by atoms with Gasteiger partial charge in [-0.25, -0.2) is 0 Å². The Morgan fingerprint density at radius 1 is 1.15 bits per heavy atom. The predicted molar refractivity (Wildman–Crippen MR) is 81.9 cm³/mol. The van der Waals surface area contributed by atoms with Crippen molar-refractivity contribution in [3.8, 4) is 5.75 Å². The van der Waals surface area contributed by atoms with Crippen LogP contribution in [-0.4, -0.2) is 5.78 Å². The average molecular weight is 331 g/mol. The van der Waals surface area contributed by atoms with Crippen LogP contribution >= 0.6 is 15.9 Å². The van der Waals surface area contributed by atoms with Gasteiger partial charge in [0.25, 0.3) is 0 Å². The standard InChI is InChI=1S/C17H15BrO2/c18-15-10-13(14-7-8-16(14)19)6-9-17(15)20-11-12-4-2-1-3-5-12/h1-6,9-10,14H,7-8,11H2. The molecule has 3 heteroatoms. The molecule has 0 amide bonds. The first-order chi connectivity index (χ1) is 9.74. The van der Waals surface area contributed by atoms with Crippen LogP contribution in [0, 0.1) is 0 Å². The Balaban J connectivity index is 1.70. The highest BCUT2D eigenvalue weighted by molar-refractivity contribution is 9.10. The maximum Gasteiger partial charge on any atom is 0.140 e. The van der Waals surface area contributed by atoms with Gasteiger partial charge >= 0.3 is 0 Å². The molecule has 0 radical (unpaired) electrons. The molecule has 0 N–H and O–H groups in total. The molecule has 3 rings (SSSR count). The molecule has 2 nitrogen and oxygen atoms in total. The third kappa shape index (κ3) is 2.78. The van der Waals surface area contributed by atoms with Crippen LogP contribution in [0.25, 0.3) is 0 Å². The van der Waals surface area contributed by atoms with Crippen LogP contribution in [-0.2, 0) is 11.4 Å². The van der Waals surface area contributed by atoms with Gasteiger partial charge in [-0.1, -0.05) is 36.4 Å². The molecular formula is C17H15BrO2. The van der Waals surface area contributed by atoms with E-state index in [1.807, 2.05) is 48.5 Å². The molecule has 0 aliphatic heterocycles. The van der Waals surface area contributed by atoms with Gasteiger partial charge in [0.2, 0.25) is 0 Å². The molecule has 1 unspecified atom stereocenters. The van der Waals surface area contributed by atoms with E-state index < -0.39 is 0 Å². The zero-order chi connectivity index (χ0) is 13.9. The van der Waals surface area contributed by atoms with Gasteiger partial charge in [-0.05, 0) is 45.6 Å². The Morgan fingerprint density at radius 2 is 1.95 bits per heavy atom. The monoisotopic (exact) mass is 330 g/mol. The Bertz CT molecular complexity index is 622. The lowest BCUT2D eigenvalue weighted by atomic mass is 9.79. The normalized spacial score (nSPS) is 17.6. The molecule has 1 saturated carbocycles. The Hall–Kier alpha value is -1.61. The van der Waals surface area contributed by atoms with Crippen LogP contribution in [0.1, 0.15) is 29.9 Å². The van der Waals surface area contributed by atoms with Gasteiger partial charge in [-0.2, -0.15) is 0 Å². The van der Waals surface area contributed by atoms with E-state index >= 15 is 0 Å². The van der Waals surface area contributed by atoms with E-state index in [0.717, 1.165) is 27.8 Å². The van der Waals surface area contributed by atoms with Crippen LogP contribution in [0.3, 0.4) is 0 Å². The molecular weight excluding hydrogens is 316 g/mol. The van der Waals surface area contributed by atoms with Crippen LogP contribution in [0.5, 0.6) is 5.75 Å². The zero-order valence-corrected chi connectivity index (χ0v) is 12.6. The largest absolute Gasteiger partial charge is 0.488 e. The third-order valence-corrected chi connectivity index (χ3v) is 4.28. The number of hydrogen-bond donors (Lipinski definition) is 0. The Kier molecular flexibility index (Phi) is 3.88. The molecule has 1 aliphatic rings. The number of benzene rings is 2. The number of ether oxygens (including phenoxy) is 1. The van der Waals surface area contributed by atoms with E-state index in [1.165, 1.54) is 0 Å². The summed E-state index contributed by atoms with van der Waals surface area (Å²) >= 11 is 3.53. The van der Waals surface area contributed by atoms with Crippen molar-refractivity contribution in [2.75, 3.05) is 0 Å². The van der Waals surface area contributed by atoms with Crippen molar-refractivity contribution in [1.29, 1.82) is 0 Å². The number of halogens is 1. The third-order valence-electron chi connectivity index (χ3n) is 3.66. The lowest BCUT2D eigenvalue weighted by Gasteiger charge is -2.24. The highest BCUT2D eigenvalue weighted by Gasteiger charge is 2.29. The van der Waals surface area contributed by atoms with Crippen LogP contribution in [0.2, 0.25) is 0 Å². The maximum absolute atomic E-state index is 11.5. The molecule has 2 aromatic carbocycles. The van der Waals surface area contributed by atoms with Gasteiger partial charge in [0.1, 0.15) is 18.1 Å². The second-order valence-corrected chi connectivity index (χ2v) is 5.88. The molecule has 0 spiro atoms. The van der Waals surface area contributed by atoms with E-state index in [9.17, 15) is 4.79 Å². The highest BCUT2D eigenvalue weighted by Crippen LogP contribution is 2.36. The van der Waals surface area contributed by atoms with Gasteiger partial charge in [-0.3, -0.25) is 4.79 Å². The fraction of sp³-hybridized carbons (Fsp3) is 0.235. The molecule has 1 fully saturated rings. The second kappa shape index (κ2) is 5.80. The van der Waals surface area contributed by atoms with Crippen molar-refractivity contribution >= 4 is 21.7 Å². The number of carbonyl (C=O) groups excluding carboxylic acids is 1. The van der Waals surface area contributed by atoms with Crippen molar-refractivity contribution in [3.63, 3.8) is 0 Å². The Morgan fingerprint density at radius 3 is 2.55 bits per heavy atom. The van der Waals surface area contributed by atoms with Crippen molar-refractivity contribution in [1.82, 2.24) is 0 Å². The van der Waals surface area contributed by atoms with Crippen LogP contribution < -0.4 is 4.74 Å². The molecule has 0 saturated heterocycles. The second-order valence-electron chi connectivity index (χ2n) is 5.02. The zero-order valence-electron chi connectivity index (χ0n) is 11.0. The van der Waals surface area contributed by atoms with Crippen molar-refractivity contribution < 1.29 is 9.53 Å². The summed E-state index contributed by atoms with van der Waals surface area (Å²) in [4.78, 5) is 11.5. The average Bonchev–Trinajstić information content (AvgIpc) is 2.46. The number of ketones is 1. The van der Waals surface area contributed by atoms with E-state index in [1.54, 1.807) is 0 Å². The highest BCUT2D eigenvalue weighted by atomic mass is 79.9. The molecule has 1 atom stereocenters. The number of carbonyl (C=O) groups is 1. The minimum absolute atomic E-state index is 0.0921. The fourth-order valence-corrected chi connectivity index (χ4v) is 2.86. The summed E-state index contributed by atoms with van der Waals surface area (Å²) in [5, 5.41) is 0. The molecule has 0 aromatic heterocycles. The summed E-state index contributed by atoms with van der Waals surface area (Å²) in [7, 11) is 0. The van der Waals surface area contributed by atoms with Crippen molar-refractivity contribution in [2.24, 2.45) is 0 Å². The summed E-state index contributed by atoms with van der Waals surface area (Å²) < 4.78 is 6.71. The molecule has 2 aromatic rings. The van der Waals surface area contributed by atoms with Gasteiger partial charge in [0.05, 0.1) is 4.47 Å². The van der Waals surface area contributed by atoms with E-state index in [0.29, 0.717) is 18.8 Å². The summed E-state index contributed by atoms with van der Waals surface area (Å²) in [5.74, 6) is 1.24. The number of Topliss-reactive ketones (excluding diaryl/α,β-unsaturated/α-hetero) is 1. The van der Waals surface area contributed by atoms with Gasteiger partial charge in [0.15, 0.2) is 0 Å². The van der Waals surface area contributed by atoms with Gasteiger partial charge in [0, 0.05) is 12.3 Å². The quantitative estimate of drug-likeness (QED) is 0.826. The first kappa shape index (κ1) is 13.4. The minimum atomic E-state index is 0.0921.